The van der Waals surface area contributed by atoms with Crippen molar-refractivity contribution in [3.8, 4) is 11.5 Å². The van der Waals surface area contributed by atoms with Crippen molar-refractivity contribution in [2.75, 3.05) is 5.32 Å². The third-order valence-corrected chi connectivity index (χ3v) is 3.10. The molecule has 0 atom stereocenters. The third-order valence-electron chi connectivity index (χ3n) is 2.47. The molecule has 0 fully saturated rings. The summed E-state index contributed by atoms with van der Waals surface area (Å²) in [5.74, 6) is -3.22. The van der Waals surface area contributed by atoms with Crippen LogP contribution in [0.3, 0.4) is 0 Å². The molecule has 0 radical (unpaired) electrons. The van der Waals surface area contributed by atoms with Crippen LogP contribution in [-0.2, 0) is 0 Å². The molecule has 1 amide bonds. The highest BCUT2D eigenvalue weighted by Crippen LogP contribution is 2.29. The van der Waals surface area contributed by atoms with Crippen LogP contribution < -0.4 is 5.32 Å². The van der Waals surface area contributed by atoms with Gasteiger partial charge in [0.1, 0.15) is 17.3 Å². The highest BCUT2D eigenvalue weighted by Gasteiger charge is 2.17. The van der Waals surface area contributed by atoms with Crippen LogP contribution in [0.2, 0.25) is 0 Å². The maximum absolute atomic E-state index is 13.6. The topological polar surface area (TPSA) is 69.6 Å². The first-order valence-corrected chi connectivity index (χ1v) is 6.15. The van der Waals surface area contributed by atoms with Crippen molar-refractivity contribution in [3.63, 3.8) is 0 Å². The van der Waals surface area contributed by atoms with Crippen molar-refractivity contribution in [2.45, 2.75) is 0 Å². The second-order valence-electron chi connectivity index (χ2n) is 3.90. The molecule has 2 aromatic rings. The molecule has 4 nitrogen and oxygen atoms in total. The Morgan fingerprint density at radius 1 is 1.15 bits per heavy atom. The molecule has 3 N–H and O–H groups in total. The predicted molar refractivity (Wildman–Crippen MR) is 71.8 cm³/mol. The number of amides is 1. The van der Waals surface area contributed by atoms with Gasteiger partial charge in [-0.3, -0.25) is 4.79 Å². The maximum atomic E-state index is 13.6. The van der Waals surface area contributed by atoms with E-state index in [1.54, 1.807) is 0 Å². The second kappa shape index (κ2) is 5.46. The standard InChI is InChI=1S/C13H8BrF2NO3/c14-9-3-6(15)4-10(16)12(9)17-13(20)8-5-7(18)1-2-11(8)19/h1-5,18-19H,(H,17,20). The molecule has 0 aliphatic rings. The van der Waals surface area contributed by atoms with E-state index in [1.165, 1.54) is 6.07 Å². The second-order valence-corrected chi connectivity index (χ2v) is 4.75. The van der Waals surface area contributed by atoms with Crippen molar-refractivity contribution < 1.29 is 23.8 Å². The van der Waals surface area contributed by atoms with Crippen LogP contribution in [0.5, 0.6) is 11.5 Å². The fraction of sp³-hybridized carbons (Fsp3) is 0. The van der Waals surface area contributed by atoms with Crippen LogP contribution in [0.4, 0.5) is 14.5 Å². The summed E-state index contributed by atoms with van der Waals surface area (Å²) in [6.45, 7) is 0. The lowest BCUT2D eigenvalue weighted by Crippen LogP contribution is -2.14. The van der Waals surface area contributed by atoms with Gasteiger partial charge in [-0.25, -0.2) is 8.78 Å². The van der Waals surface area contributed by atoms with E-state index in [0.29, 0.717) is 6.07 Å². The minimum atomic E-state index is -0.968. The van der Waals surface area contributed by atoms with Crippen LogP contribution in [-0.4, -0.2) is 16.1 Å². The molecule has 0 saturated carbocycles. The van der Waals surface area contributed by atoms with Gasteiger partial charge in [-0.05, 0) is 40.2 Å². The van der Waals surface area contributed by atoms with Crippen molar-refractivity contribution in [1.82, 2.24) is 0 Å². The normalized spacial score (nSPS) is 10.3. The number of carbonyl (C=O) groups is 1. The average molecular weight is 344 g/mol. The lowest BCUT2D eigenvalue weighted by Gasteiger charge is -2.10. The number of hydrogen-bond acceptors (Lipinski definition) is 3. The molecule has 20 heavy (non-hydrogen) atoms. The molecule has 0 aliphatic carbocycles. The van der Waals surface area contributed by atoms with Gasteiger partial charge in [0.2, 0.25) is 0 Å². The van der Waals surface area contributed by atoms with E-state index in [9.17, 15) is 23.8 Å². The SMILES string of the molecule is O=C(Nc1c(F)cc(F)cc1Br)c1cc(O)ccc1O. The number of nitrogens with one attached hydrogen (secondary N) is 1. The fourth-order valence-corrected chi connectivity index (χ4v) is 2.06. The van der Waals surface area contributed by atoms with Crippen molar-refractivity contribution in [3.05, 3.63) is 52.0 Å². The van der Waals surface area contributed by atoms with E-state index >= 15 is 0 Å². The van der Waals surface area contributed by atoms with Crippen molar-refractivity contribution in [1.29, 1.82) is 0 Å². The van der Waals surface area contributed by atoms with Gasteiger partial charge < -0.3 is 15.5 Å². The number of halogens is 3. The highest BCUT2D eigenvalue weighted by molar-refractivity contribution is 9.10. The number of carbonyl (C=O) groups excluding carboxylic acids is 1. The molecule has 2 aromatic carbocycles. The Labute approximate surface area is 120 Å². The van der Waals surface area contributed by atoms with Crippen LogP contribution in [0, 0.1) is 11.6 Å². The Morgan fingerprint density at radius 2 is 1.85 bits per heavy atom. The lowest BCUT2D eigenvalue weighted by atomic mass is 10.1. The first-order chi connectivity index (χ1) is 9.38. The van der Waals surface area contributed by atoms with Gasteiger partial charge in [0.05, 0.1) is 11.3 Å². The van der Waals surface area contributed by atoms with Gasteiger partial charge in [0, 0.05) is 10.5 Å². The molecular formula is C13H8BrF2NO3. The number of benzene rings is 2. The quantitative estimate of drug-likeness (QED) is 0.732. The summed E-state index contributed by atoms with van der Waals surface area (Å²) in [7, 11) is 0. The van der Waals surface area contributed by atoms with E-state index in [2.05, 4.69) is 21.2 Å². The third kappa shape index (κ3) is 2.88. The lowest BCUT2D eigenvalue weighted by molar-refractivity contribution is 0.102. The average Bonchev–Trinajstić information content (AvgIpc) is 2.36. The molecule has 0 spiro atoms. The minimum absolute atomic E-state index is 0.0167. The Balaban J connectivity index is 2.35. The molecule has 0 bridgehead atoms. The zero-order valence-electron chi connectivity index (χ0n) is 9.82. The van der Waals surface area contributed by atoms with E-state index < -0.39 is 17.5 Å². The summed E-state index contributed by atoms with van der Waals surface area (Å²) >= 11 is 2.93. The van der Waals surface area contributed by atoms with Crippen molar-refractivity contribution >= 4 is 27.5 Å². The fourth-order valence-electron chi connectivity index (χ4n) is 1.55. The Hall–Kier alpha value is -2.15. The van der Waals surface area contributed by atoms with Gasteiger partial charge in [-0.2, -0.15) is 0 Å². The molecule has 0 aromatic heterocycles. The summed E-state index contributed by atoms with van der Waals surface area (Å²) in [5, 5.41) is 21.0. The first-order valence-electron chi connectivity index (χ1n) is 5.36. The maximum Gasteiger partial charge on any atom is 0.259 e. The summed E-state index contributed by atoms with van der Waals surface area (Å²) in [6.07, 6.45) is 0. The van der Waals surface area contributed by atoms with E-state index in [-0.39, 0.29) is 27.2 Å². The molecule has 0 unspecified atom stereocenters. The molecule has 104 valence electrons. The van der Waals surface area contributed by atoms with E-state index in [4.69, 9.17) is 0 Å². The van der Waals surface area contributed by atoms with E-state index in [1.807, 2.05) is 0 Å². The minimum Gasteiger partial charge on any atom is -0.508 e. The van der Waals surface area contributed by atoms with Crippen LogP contribution in [0.15, 0.2) is 34.8 Å². The van der Waals surface area contributed by atoms with Gasteiger partial charge >= 0.3 is 0 Å². The summed E-state index contributed by atoms with van der Waals surface area (Å²) in [4.78, 5) is 11.9. The molecule has 0 heterocycles. The van der Waals surface area contributed by atoms with Gasteiger partial charge in [-0.1, -0.05) is 0 Å². The zero-order chi connectivity index (χ0) is 14.9. The number of anilines is 1. The zero-order valence-corrected chi connectivity index (χ0v) is 11.4. The molecule has 7 heteroatoms. The van der Waals surface area contributed by atoms with Gasteiger partial charge in [-0.15, -0.1) is 0 Å². The predicted octanol–water partition coefficient (Wildman–Crippen LogP) is 3.39. The number of rotatable bonds is 2. The Bertz CT molecular complexity index is 668. The first kappa shape index (κ1) is 14.3. The number of phenolic OH excluding ortho intramolecular Hbond substituents is 2. The van der Waals surface area contributed by atoms with Crippen LogP contribution in [0.25, 0.3) is 0 Å². The van der Waals surface area contributed by atoms with Gasteiger partial charge in [0.25, 0.3) is 5.91 Å². The molecule has 0 aliphatic heterocycles. The largest absolute Gasteiger partial charge is 0.508 e. The molecule has 0 saturated heterocycles. The Morgan fingerprint density at radius 3 is 2.50 bits per heavy atom. The van der Waals surface area contributed by atoms with Crippen molar-refractivity contribution in [2.24, 2.45) is 0 Å². The molecule has 2 rings (SSSR count). The Kier molecular flexibility index (Phi) is 3.89. The number of phenols is 2. The van der Waals surface area contributed by atoms with Crippen LogP contribution >= 0.6 is 15.9 Å². The number of aromatic hydroxyl groups is 2. The smallest absolute Gasteiger partial charge is 0.259 e. The summed E-state index contributed by atoms with van der Waals surface area (Å²) in [6, 6.07) is 4.95. The van der Waals surface area contributed by atoms with Gasteiger partial charge in [0.15, 0.2) is 5.82 Å². The van der Waals surface area contributed by atoms with Crippen LogP contribution in [0.1, 0.15) is 10.4 Å². The molecular weight excluding hydrogens is 336 g/mol. The number of hydrogen-bond donors (Lipinski definition) is 3. The summed E-state index contributed by atoms with van der Waals surface area (Å²) in [5.41, 5.74) is -0.500. The van der Waals surface area contributed by atoms with E-state index in [0.717, 1.165) is 18.2 Å². The highest BCUT2D eigenvalue weighted by atomic mass is 79.9. The summed E-state index contributed by atoms with van der Waals surface area (Å²) < 4.78 is 26.5. The monoisotopic (exact) mass is 343 g/mol.